The molecule has 2 atom stereocenters. The van der Waals surface area contributed by atoms with Gasteiger partial charge in [-0.3, -0.25) is 0 Å². The number of halogens is 1. The van der Waals surface area contributed by atoms with Crippen LogP contribution in [-0.2, 0) is 6.54 Å². The van der Waals surface area contributed by atoms with Gasteiger partial charge in [0, 0.05) is 6.54 Å². The molecule has 0 bridgehead atoms. The quantitative estimate of drug-likeness (QED) is 0.920. The Bertz CT molecular complexity index is 605. The number of nitrogens with zero attached hydrogens (tertiary/aromatic N) is 2. The lowest BCUT2D eigenvalue weighted by Crippen LogP contribution is -2.33. The number of piperidine rings is 1. The SMILES string of the molecule is CCC1CCNC(c2nc3cccc(Cl)c3n2CC)C1. The fourth-order valence-electron chi connectivity index (χ4n) is 3.31. The standard InChI is InChI=1S/C16H22ClN3/c1-3-11-8-9-18-14(10-11)16-19-13-7-5-6-12(17)15(13)20(16)4-2/h5-7,11,14,18H,3-4,8-10H2,1-2H3. The van der Waals surface area contributed by atoms with Crippen LogP contribution in [-0.4, -0.2) is 16.1 Å². The lowest BCUT2D eigenvalue weighted by Gasteiger charge is -2.29. The van der Waals surface area contributed by atoms with Crippen LogP contribution in [0.4, 0.5) is 0 Å². The van der Waals surface area contributed by atoms with Gasteiger partial charge < -0.3 is 9.88 Å². The molecule has 0 radical (unpaired) electrons. The molecule has 1 aromatic heterocycles. The lowest BCUT2D eigenvalue weighted by atomic mass is 9.90. The first-order valence-corrected chi connectivity index (χ1v) is 8.00. The third-order valence-electron chi connectivity index (χ3n) is 4.46. The van der Waals surface area contributed by atoms with E-state index in [9.17, 15) is 0 Å². The summed E-state index contributed by atoms with van der Waals surface area (Å²) in [5.74, 6) is 1.95. The number of nitrogens with one attached hydrogen (secondary N) is 1. The summed E-state index contributed by atoms with van der Waals surface area (Å²) in [7, 11) is 0. The van der Waals surface area contributed by atoms with Gasteiger partial charge in [0.05, 0.1) is 22.1 Å². The van der Waals surface area contributed by atoms with E-state index in [1.165, 1.54) is 19.3 Å². The molecule has 0 saturated carbocycles. The predicted octanol–water partition coefficient (Wildman–Crippen LogP) is 4.16. The van der Waals surface area contributed by atoms with Crippen molar-refractivity contribution in [3.05, 3.63) is 29.0 Å². The highest BCUT2D eigenvalue weighted by Crippen LogP contribution is 2.32. The van der Waals surface area contributed by atoms with Gasteiger partial charge in [0.1, 0.15) is 5.82 Å². The van der Waals surface area contributed by atoms with E-state index in [4.69, 9.17) is 16.6 Å². The van der Waals surface area contributed by atoms with Crippen LogP contribution in [0.2, 0.25) is 5.02 Å². The highest BCUT2D eigenvalue weighted by Gasteiger charge is 2.26. The Balaban J connectivity index is 2.04. The van der Waals surface area contributed by atoms with Gasteiger partial charge in [-0.05, 0) is 44.4 Å². The van der Waals surface area contributed by atoms with E-state index in [1.807, 2.05) is 12.1 Å². The molecule has 1 aromatic carbocycles. The second kappa shape index (κ2) is 5.74. The third kappa shape index (κ3) is 2.33. The van der Waals surface area contributed by atoms with Gasteiger partial charge in [-0.2, -0.15) is 0 Å². The van der Waals surface area contributed by atoms with Crippen LogP contribution in [0.25, 0.3) is 11.0 Å². The van der Waals surface area contributed by atoms with Crippen LogP contribution in [0.3, 0.4) is 0 Å². The van der Waals surface area contributed by atoms with E-state index >= 15 is 0 Å². The van der Waals surface area contributed by atoms with Crippen molar-refractivity contribution in [1.82, 2.24) is 14.9 Å². The fraction of sp³-hybridized carbons (Fsp3) is 0.562. The second-order valence-electron chi connectivity index (χ2n) is 5.63. The van der Waals surface area contributed by atoms with Crippen molar-refractivity contribution in [2.45, 2.75) is 45.7 Å². The molecule has 1 aliphatic heterocycles. The van der Waals surface area contributed by atoms with Crippen LogP contribution in [0, 0.1) is 5.92 Å². The Morgan fingerprint density at radius 2 is 2.25 bits per heavy atom. The molecule has 1 N–H and O–H groups in total. The van der Waals surface area contributed by atoms with Crippen LogP contribution < -0.4 is 5.32 Å². The van der Waals surface area contributed by atoms with Crippen molar-refractivity contribution in [3.8, 4) is 0 Å². The fourth-order valence-corrected chi connectivity index (χ4v) is 3.58. The van der Waals surface area contributed by atoms with Gasteiger partial charge in [0.15, 0.2) is 0 Å². The minimum absolute atomic E-state index is 0.358. The Labute approximate surface area is 125 Å². The molecule has 2 aromatic rings. The maximum atomic E-state index is 6.37. The van der Waals surface area contributed by atoms with Gasteiger partial charge in [-0.25, -0.2) is 4.98 Å². The van der Waals surface area contributed by atoms with Crippen LogP contribution in [0.1, 0.15) is 45.0 Å². The molecule has 1 aliphatic rings. The number of para-hydroxylation sites is 1. The summed E-state index contributed by atoms with van der Waals surface area (Å²) in [5.41, 5.74) is 2.09. The highest BCUT2D eigenvalue weighted by molar-refractivity contribution is 6.35. The number of fused-ring (bicyclic) bond motifs is 1. The molecule has 0 aliphatic carbocycles. The largest absolute Gasteiger partial charge is 0.326 e. The van der Waals surface area contributed by atoms with Gasteiger partial charge in [0.25, 0.3) is 0 Å². The van der Waals surface area contributed by atoms with E-state index in [2.05, 4.69) is 29.8 Å². The molecule has 3 nitrogen and oxygen atoms in total. The zero-order valence-corrected chi connectivity index (χ0v) is 13.0. The molecule has 2 heterocycles. The normalized spacial score (nSPS) is 23.4. The van der Waals surface area contributed by atoms with Crippen molar-refractivity contribution in [1.29, 1.82) is 0 Å². The van der Waals surface area contributed by atoms with Gasteiger partial charge in [-0.15, -0.1) is 0 Å². The molecule has 4 heteroatoms. The smallest absolute Gasteiger partial charge is 0.127 e. The van der Waals surface area contributed by atoms with Crippen LogP contribution in [0.15, 0.2) is 18.2 Å². The number of hydrogen-bond acceptors (Lipinski definition) is 2. The minimum atomic E-state index is 0.358. The summed E-state index contributed by atoms with van der Waals surface area (Å²) in [6.07, 6.45) is 3.71. The van der Waals surface area contributed by atoms with Crippen molar-refractivity contribution in [3.63, 3.8) is 0 Å². The molecule has 3 rings (SSSR count). The number of aromatic nitrogens is 2. The van der Waals surface area contributed by atoms with Crippen LogP contribution in [0.5, 0.6) is 0 Å². The second-order valence-corrected chi connectivity index (χ2v) is 6.03. The zero-order chi connectivity index (χ0) is 14.1. The van der Waals surface area contributed by atoms with E-state index in [-0.39, 0.29) is 0 Å². The molecule has 1 fully saturated rings. The first-order chi connectivity index (χ1) is 9.74. The minimum Gasteiger partial charge on any atom is -0.326 e. The summed E-state index contributed by atoms with van der Waals surface area (Å²) in [6.45, 7) is 6.44. The summed E-state index contributed by atoms with van der Waals surface area (Å²) >= 11 is 6.37. The number of rotatable bonds is 3. The molecule has 20 heavy (non-hydrogen) atoms. The zero-order valence-electron chi connectivity index (χ0n) is 12.2. The van der Waals surface area contributed by atoms with E-state index in [0.717, 1.165) is 40.9 Å². The first kappa shape index (κ1) is 13.9. The summed E-state index contributed by atoms with van der Waals surface area (Å²) in [4.78, 5) is 4.85. The number of hydrogen-bond donors (Lipinski definition) is 1. The molecule has 108 valence electrons. The van der Waals surface area contributed by atoms with E-state index in [0.29, 0.717) is 6.04 Å². The van der Waals surface area contributed by atoms with Crippen molar-refractivity contribution < 1.29 is 0 Å². The predicted molar refractivity (Wildman–Crippen MR) is 84.2 cm³/mol. The van der Waals surface area contributed by atoms with Crippen molar-refractivity contribution in [2.75, 3.05) is 6.54 Å². The molecular weight excluding hydrogens is 270 g/mol. The van der Waals surface area contributed by atoms with E-state index < -0.39 is 0 Å². The maximum absolute atomic E-state index is 6.37. The van der Waals surface area contributed by atoms with E-state index in [1.54, 1.807) is 0 Å². The molecular formula is C16H22ClN3. The highest BCUT2D eigenvalue weighted by atomic mass is 35.5. The Hall–Kier alpha value is -1.06. The number of imidazole rings is 1. The lowest BCUT2D eigenvalue weighted by molar-refractivity contribution is 0.287. The average Bonchev–Trinajstić information content (AvgIpc) is 2.87. The Morgan fingerprint density at radius 1 is 1.40 bits per heavy atom. The Morgan fingerprint density at radius 3 is 3.00 bits per heavy atom. The molecule has 1 saturated heterocycles. The topological polar surface area (TPSA) is 29.9 Å². The van der Waals surface area contributed by atoms with Gasteiger partial charge in [-0.1, -0.05) is 31.0 Å². The Kier molecular flexibility index (Phi) is 3.99. The third-order valence-corrected chi connectivity index (χ3v) is 4.77. The molecule has 0 amide bonds. The van der Waals surface area contributed by atoms with Gasteiger partial charge >= 0.3 is 0 Å². The summed E-state index contributed by atoms with van der Waals surface area (Å²) in [5, 5.41) is 4.43. The molecule has 0 spiro atoms. The number of aryl methyl sites for hydroxylation is 1. The average molecular weight is 292 g/mol. The van der Waals surface area contributed by atoms with Crippen molar-refractivity contribution in [2.24, 2.45) is 5.92 Å². The number of benzene rings is 1. The summed E-state index contributed by atoms with van der Waals surface area (Å²) in [6, 6.07) is 6.34. The first-order valence-electron chi connectivity index (χ1n) is 7.62. The van der Waals surface area contributed by atoms with Crippen molar-refractivity contribution >= 4 is 22.6 Å². The maximum Gasteiger partial charge on any atom is 0.127 e. The monoisotopic (exact) mass is 291 g/mol. The molecule has 2 unspecified atom stereocenters. The summed E-state index contributed by atoms with van der Waals surface area (Å²) < 4.78 is 2.27. The van der Waals surface area contributed by atoms with Crippen LogP contribution >= 0.6 is 11.6 Å². The van der Waals surface area contributed by atoms with Gasteiger partial charge in [0.2, 0.25) is 0 Å².